The van der Waals surface area contributed by atoms with E-state index in [1.807, 2.05) is 6.08 Å². The first kappa shape index (κ1) is 7.84. The summed E-state index contributed by atoms with van der Waals surface area (Å²) >= 11 is 0. The van der Waals surface area contributed by atoms with E-state index in [1.165, 1.54) is 31.8 Å². The molecule has 2 heteroatoms. The average Bonchev–Trinajstić information content (AvgIpc) is 2.60. The van der Waals surface area contributed by atoms with E-state index in [0.29, 0.717) is 5.92 Å². The first-order chi connectivity index (χ1) is 5.75. The van der Waals surface area contributed by atoms with Crippen LogP contribution in [0.25, 0.3) is 0 Å². The number of carboxylic acid groups (broad SMARTS) is 1. The number of hydrogen-bond acceptors (Lipinski definition) is 1. The predicted octanol–water partition coefficient (Wildman–Crippen LogP) is 2.06. The van der Waals surface area contributed by atoms with E-state index in [9.17, 15) is 4.79 Å². The molecule has 2 nitrogen and oxygen atoms in total. The topological polar surface area (TPSA) is 37.3 Å². The maximum Gasteiger partial charge on any atom is 0.327 e. The van der Waals surface area contributed by atoms with Crippen molar-refractivity contribution in [3.05, 3.63) is 12.2 Å². The number of carboxylic acids is 1. The molecule has 2 aliphatic carbocycles. The minimum atomic E-state index is -0.808. The van der Waals surface area contributed by atoms with E-state index in [0.717, 1.165) is 11.8 Å². The zero-order valence-electron chi connectivity index (χ0n) is 7.07. The van der Waals surface area contributed by atoms with Gasteiger partial charge in [0, 0.05) is 6.08 Å². The maximum atomic E-state index is 10.3. The Labute approximate surface area is 72.3 Å². The van der Waals surface area contributed by atoms with E-state index in [-0.39, 0.29) is 0 Å². The Morgan fingerprint density at radius 2 is 2.17 bits per heavy atom. The van der Waals surface area contributed by atoms with Crippen LogP contribution in [0.3, 0.4) is 0 Å². The summed E-state index contributed by atoms with van der Waals surface area (Å²) in [6.07, 6.45) is 8.47. The van der Waals surface area contributed by atoms with Crippen molar-refractivity contribution in [1.29, 1.82) is 0 Å². The molecule has 3 atom stereocenters. The molecule has 0 saturated heterocycles. The fraction of sp³-hybridized carbons (Fsp3) is 0.700. The van der Waals surface area contributed by atoms with Crippen LogP contribution < -0.4 is 0 Å². The number of fused-ring (bicyclic) bond motifs is 2. The SMILES string of the molecule is O=C(O)/C=C/[C@@H]1C[C@H]2CC[C@H]1C2. The van der Waals surface area contributed by atoms with E-state index in [1.54, 1.807) is 0 Å². The zero-order chi connectivity index (χ0) is 8.55. The van der Waals surface area contributed by atoms with E-state index in [4.69, 9.17) is 5.11 Å². The van der Waals surface area contributed by atoms with Gasteiger partial charge in [0.15, 0.2) is 0 Å². The van der Waals surface area contributed by atoms with Crippen LogP contribution in [-0.2, 0) is 4.79 Å². The summed E-state index contributed by atoms with van der Waals surface area (Å²) in [7, 11) is 0. The van der Waals surface area contributed by atoms with Crippen molar-refractivity contribution in [2.45, 2.75) is 25.7 Å². The lowest BCUT2D eigenvalue weighted by Gasteiger charge is -2.17. The molecular formula is C10H14O2. The maximum absolute atomic E-state index is 10.3. The minimum absolute atomic E-state index is 0.569. The zero-order valence-corrected chi connectivity index (χ0v) is 7.07. The molecule has 0 aliphatic heterocycles. The molecular weight excluding hydrogens is 152 g/mol. The summed E-state index contributed by atoms with van der Waals surface area (Å²) in [6.45, 7) is 0. The molecule has 2 rings (SSSR count). The molecule has 1 N–H and O–H groups in total. The molecule has 0 aromatic carbocycles. The van der Waals surface area contributed by atoms with Crippen molar-refractivity contribution in [3.8, 4) is 0 Å². The van der Waals surface area contributed by atoms with Crippen LogP contribution in [-0.4, -0.2) is 11.1 Å². The Kier molecular flexibility index (Phi) is 1.91. The van der Waals surface area contributed by atoms with Gasteiger partial charge in [0.1, 0.15) is 0 Å². The van der Waals surface area contributed by atoms with E-state index in [2.05, 4.69) is 0 Å². The van der Waals surface area contributed by atoms with Gasteiger partial charge in [-0.25, -0.2) is 4.79 Å². The van der Waals surface area contributed by atoms with Gasteiger partial charge in [-0.2, -0.15) is 0 Å². The third-order valence-corrected chi connectivity index (χ3v) is 3.28. The summed E-state index contributed by atoms with van der Waals surface area (Å²) in [6, 6.07) is 0. The van der Waals surface area contributed by atoms with Gasteiger partial charge < -0.3 is 5.11 Å². The second kappa shape index (κ2) is 2.92. The smallest absolute Gasteiger partial charge is 0.327 e. The first-order valence-corrected chi connectivity index (χ1v) is 4.67. The largest absolute Gasteiger partial charge is 0.478 e. The van der Waals surface area contributed by atoms with Gasteiger partial charge in [-0.05, 0) is 37.0 Å². The van der Waals surface area contributed by atoms with Crippen molar-refractivity contribution < 1.29 is 9.90 Å². The lowest BCUT2D eigenvalue weighted by atomic mass is 9.89. The van der Waals surface area contributed by atoms with Crippen LogP contribution in [0.4, 0.5) is 0 Å². The van der Waals surface area contributed by atoms with Gasteiger partial charge >= 0.3 is 5.97 Å². The van der Waals surface area contributed by atoms with Crippen molar-refractivity contribution in [2.75, 3.05) is 0 Å². The molecule has 0 aromatic rings. The van der Waals surface area contributed by atoms with Gasteiger partial charge in [-0.15, -0.1) is 0 Å². The van der Waals surface area contributed by atoms with Crippen molar-refractivity contribution in [1.82, 2.24) is 0 Å². The Morgan fingerprint density at radius 3 is 2.67 bits per heavy atom. The molecule has 2 fully saturated rings. The second-order valence-corrected chi connectivity index (χ2v) is 4.04. The minimum Gasteiger partial charge on any atom is -0.478 e. The lowest BCUT2D eigenvalue weighted by Crippen LogP contribution is -2.07. The van der Waals surface area contributed by atoms with Gasteiger partial charge in [0.25, 0.3) is 0 Å². The summed E-state index contributed by atoms with van der Waals surface area (Å²) in [4.78, 5) is 10.3. The number of allylic oxidation sites excluding steroid dienone is 1. The molecule has 0 aromatic heterocycles. The molecule has 2 saturated carbocycles. The highest BCUT2D eigenvalue weighted by atomic mass is 16.4. The Balaban J connectivity index is 1.94. The van der Waals surface area contributed by atoms with Gasteiger partial charge in [0.2, 0.25) is 0 Å². The summed E-state index contributed by atoms with van der Waals surface area (Å²) < 4.78 is 0. The molecule has 0 heterocycles. The standard InChI is InChI=1S/C10H14O2/c11-10(12)4-3-9-6-7-1-2-8(9)5-7/h3-4,7-9H,1-2,5-6H2,(H,11,12)/b4-3+/t7-,8-,9+/m0/s1. The van der Waals surface area contributed by atoms with Crippen molar-refractivity contribution >= 4 is 5.97 Å². The van der Waals surface area contributed by atoms with Gasteiger partial charge in [-0.3, -0.25) is 0 Å². The highest BCUT2D eigenvalue weighted by Crippen LogP contribution is 2.48. The number of hydrogen-bond donors (Lipinski definition) is 1. The highest BCUT2D eigenvalue weighted by Gasteiger charge is 2.37. The summed E-state index contributed by atoms with van der Waals surface area (Å²) in [5.74, 6) is 1.46. The van der Waals surface area contributed by atoms with Crippen molar-refractivity contribution in [2.24, 2.45) is 17.8 Å². The fourth-order valence-corrected chi connectivity index (χ4v) is 2.74. The van der Waals surface area contributed by atoms with Crippen LogP contribution in [0.1, 0.15) is 25.7 Å². The lowest BCUT2D eigenvalue weighted by molar-refractivity contribution is -0.131. The fourth-order valence-electron chi connectivity index (χ4n) is 2.74. The molecule has 66 valence electrons. The summed E-state index contributed by atoms with van der Waals surface area (Å²) in [5.41, 5.74) is 0. The molecule has 2 aliphatic rings. The normalized spacial score (nSPS) is 39.5. The first-order valence-electron chi connectivity index (χ1n) is 4.67. The second-order valence-electron chi connectivity index (χ2n) is 4.04. The Hall–Kier alpha value is -0.790. The molecule has 0 radical (unpaired) electrons. The average molecular weight is 166 g/mol. The van der Waals surface area contributed by atoms with E-state index < -0.39 is 5.97 Å². The molecule has 0 spiro atoms. The van der Waals surface area contributed by atoms with Crippen LogP contribution in [0.5, 0.6) is 0 Å². The van der Waals surface area contributed by atoms with Crippen LogP contribution in [0.15, 0.2) is 12.2 Å². The van der Waals surface area contributed by atoms with E-state index >= 15 is 0 Å². The van der Waals surface area contributed by atoms with Gasteiger partial charge in [0.05, 0.1) is 0 Å². The number of rotatable bonds is 2. The number of aliphatic carboxylic acids is 1. The third kappa shape index (κ3) is 1.38. The molecule has 2 bridgehead atoms. The molecule has 12 heavy (non-hydrogen) atoms. The van der Waals surface area contributed by atoms with Crippen molar-refractivity contribution in [3.63, 3.8) is 0 Å². The summed E-state index contributed by atoms with van der Waals surface area (Å²) in [5, 5.41) is 8.46. The highest BCUT2D eigenvalue weighted by molar-refractivity contribution is 5.79. The Bertz CT molecular complexity index is 220. The predicted molar refractivity (Wildman–Crippen MR) is 45.7 cm³/mol. The molecule has 0 amide bonds. The molecule has 0 unspecified atom stereocenters. The monoisotopic (exact) mass is 166 g/mol. The Morgan fingerprint density at radius 1 is 1.33 bits per heavy atom. The number of carbonyl (C=O) groups is 1. The quantitative estimate of drug-likeness (QED) is 0.637. The van der Waals surface area contributed by atoms with Crippen LogP contribution in [0.2, 0.25) is 0 Å². The third-order valence-electron chi connectivity index (χ3n) is 3.28. The van der Waals surface area contributed by atoms with Crippen LogP contribution in [0, 0.1) is 17.8 Å². The van der Waals surface area contributed by atoms with Crippen LogP contribution >= 0.6 is 0 Å². The van der Waals surface area contributed by atoms with Gasteiger partial charge in [-0.1, -0.05) is 12.5 Å².